The zero-order valence-corrected chi connectivity index (χ0v) is 10.9. The first-order valence-electron chi connectivity index (χ1n) is 5.94. The number of benzene rings is 1. The van der Waals surface area contributed by atoms with Crippen molar-refractivity contribution in [2.75, 3.05) is 39.4 Å². The normalized spacial score (nSPS) is 17.8. The fraction of sp³-hybridized carbons (Fsp3) is 0.500. The predicted molar refractivity (Wildman–Crippen MR) is 67.7 cm³/mol. The van der Waals surface area contributed by atoms with Crippen molar-refractivity contribution in [1.82, 2.24) is 9.62 Å². The van der Waals surface area contributed by atoms with Gasteiger partial charge >= 0.3 is 0 Å². The number of morpholine rings is 1. The maximum Gasteiger partial charge on any atom is 0.240 e. The molecule has 0 bridgehead atoms. The number of hydrogen-bond donors (Lipinski definition) is 1. The summed E-state index contributed by atoms with van der Waals surface area (Å²) in [5.74, 6) is 0. The second-order valence-corrected chi connectivity index (χ2v) is 5.85. The lowest BCUT2D eigenvalue weighted by Crippen LogP contribution is -2.41. The summed E-state index contributed by atoms with van der Waals surface area (Å²) in [5.41, 5.74) is 0. The molecule has 1 heterocycles. The highest BCUT2D eigenvalue weighted by Crippen LogP contribution is 2.06. The van der Waals surface area contributed by atoms with Crippen LogP contribution >= 0.6 is 0 Å². The molecule has 1 aliphatic rings. The minimum absolute atomic E-state index is 0.281. The van der Waals surface area contributed by atoms with Crippen molar-refractivity contribution in [3.63, 3.8) is 0 Å². The van der Waals surface area contributed by atoms with E-state index in [1.807, 2.05) is 0 Å². The second-order valence-electron chi connectivity index (χ2n) is 4.09. The van der Waals surface area contributed by atoms with Crippen molar-refractivity contribution in [3.05, 3.63) is 30.3 Å². The van der Waals surface area contributed by atoms with Gasteiger partial charge in [-0.1, -0.05) is 12.1 Å². The van der Waals surface area contributed by atoms with Gasteiger partial charge in [-0.25, -0.2) is 13.1 Å². The van der Waals surface area contributed by atoms with Gasteiger partial charge in [0.1, 0.15) is 0 Å². The molecule has 1 aliphatic heterocycles. The Balaban J connectivity index is 1.82. The molecule has 2 rings (SSSR count). The van der Waals surface area contributed by atoms with Crippen LogP contribution in [0.3, 0.4) is 0 Å². The van der Waals surface area contributed by atoms with E-state index in [2.05, 4.69) is 15.7 Å². The summed E-state index contributed by atoms with van der Waals surface area (Å²) in [4.78, 5) is 2.47. The Hall–Kier alpha value is -0.950. The molecule has 0 spiro atoms. The van der Waals surface area contributed by atoms with E-state index in [4.69, 9.17) is 4.74 Å². The first-order chi connectivity index (χ1) is 8.68. The average Bonchev–Trinajstić information content (AvgIpc) is 2.41. The second kappa shape index (κ2) is 6.29. The summed E-state index contributed by atoms with van der Waals surface area (Å²) in [6, 6.07) is 9.06. The molecule has 0 unspecified atom stereocenters. The Kier molecular flexibility index (Phi) is 4.71. The van der Waals surface area contributed by atoms with Crippen LogP contribution in [0.4, 0.5) is 0 Å². The summed E-state index contributed by atoms with van der Waals surface area (Å²) in [6.07, 6.45) is 0. The van der Waals surface area contributed by atoms with E-state index in [1.54, 1.807) is 12.1 Å². The van der Waals surface area contributed by atoms with Crippen molar-refractivity contribution in [2.45, 2.75) is 4.90 Å². The molecule has 1 saturated heterocycles. The lowest BCUT2D eigenvalue weighted by atomic mass is 10.4. The molecule has 99 valence electrons. The SMILES string of the molecule is O=S(=O)(NCCN1CCOCC1)c1cc[c]cc1. The molecular formula is C12H17N2O3S. The molecule has 0 aliphatic carbocycles. The van der Waals surface area contributed by atoms with E-state index in [1.165, 1.54) is 12.1 Å². The average molecular weight is 269 g/mol. The number of hydrogen-bond acceptors (Lipinski definition) is 4. The minimum atomic E-state index is -3.39. The van der Waals surface area contributed by atoms with Gasteiger partial charge in [0.2, 0.25) is 10.0 Å². The van der Waals surface area contributed by atoms with Gasteiger partial charge in [0.05, 0.1) is 18.1 Å². The largest absolute Gasteiger partial charge is 0.379 e. The number of nitrogens with one attached hydrogen (secondary N) is 1. The topological polar surface area (TPSA) is 58.6 Å². The van der Waals surface area contributed by atoms with Crippen molar-refractivity contribution >= 4 is 10.0 Å². The molecule has 1 aromatic rings. The van der Waals surface area contributed by atoms with Crippen molar-refractivity contribution in [2.24, 2.45) is 0 Å². The van der Waals surface area contributed by atoms with Crippen molar-refractivity contribution < 1.29 is 13.2 Å². The van der Waals surface area contributed by atoms with Crippen LogP contribution < -0.4 is 4.72 Å². The van der Waals surface area contributed by atoms with Crippen LogP contribution in [-0.4, -0.2) is 52.7 Å². The third-order valence-electron chi connectivity index (χ3n) is 2.82. The number of nitrogens with zero attached hydrogens (tertiary/aromatic N) is 1. The molecule has 1 aromatic carbocycles. The molecule has 5 nitrogen and oxygen atoms in total. The summed E-state index contributed by atoms with van der Waals surface area (Å²) in [7, 11) is -3.39. The van der Waals surface area contributed by atoms with Gasteiger partial charge in [-0.05, 0) is 18.2 Å². The van der Waals surface area contributed by atoms with Crippen LogP contribution in [0.15, 0.2) is 29.2 Å². The molecule has 6 heteroatoms. The van der Waals surface area contributed by atoms with Gasteiger partial charge in [0.15, 0.2) is 0 Å². The van der Waals surface area contributed by atoms with E-state index in [0.717, 1.165) is 26.3 Å². The van der Waals surface area contributed by atoms with Crippen LogP contribution in [0.25, 0.3) is 0 Å². The molecule has 1 radical (unpaired) electrons. The highest BCUT2D eigenvalue weighted by molar-refractivity contribution is 7.89. The molecule has 0 atom stereocenters. The van der Waals surface area contributed by atoms with Crippen LogP contribution in [0.5, 0.6) is 0 Å². The summed E-state index contributed by atoms with van der Waals surface area (Å²) in [6.45, 7) is 4.30. The highest BCUT2D eigenvalue weighted by atomic mass is 32.2. The molecule has 1 N–H and O–H groups in total. The number of sulfonamides is 1. The monoisotopic (exact) mass is 269 g/mol. The van der Waals surface area contributed by atoms with Crippen molar-refractivity contribution in [1.29, 1.82) is 0 Å². The Morgan fingerprint density at radius 3 is 2.61 bits per heavy atom. The smallest absolute Gasteiger partial charge is 0.240 e. The molecule has 0 aromatic heterocycles. The van der Waals surface area contributed by atoms with Crippen LogP contribution in [0.1, 0.15) is 0 Å². The van der Waals surface area contributed by atoms with E-state index < -0.39 is 10.0 Å². The lowest BCUT2D eigenvalue weighted by Gasteiger charge is -2.26. The zero-order valence-electron chi connectivity index (χ0n) is 10.1. The molecule has 0 saturated carbocycles. The third kappa shape index (κ3) is 3.78. The van der Waals surface area contributed by atoms with Crippen LogP contribution in [0, 0.1) is 6.07 Å². The zero-order chi connectivity index (χ0) is 12.8. The maximum absolute atomic E-state index is 11.9. The van der Waals surface area contributed by atoms with E-state index in [0.29, 0.717) is 13.1 Å². The molecular weight excluding hydrogens is 252 g/mol. The molecule has 18 heavy (non-hydrogen) atoms. The third-order valence-corrected chi connectivity index (χ3v) is 4.30. The number of rotatable bonds is 5. The van der Waals surface area contributed by atoms with Crippen LogP contribution in [0.2, 0.25) is 0 Å². The van der Waals surface area contributed by atoms with Crippen LogP contribution in [-0.2, 0) is 14.8 Å². The van der Waals surface area contributed by atoms with Gasteiger partial charge in [0, 0.05) is 26.2 Å². The highest BCUT2D eigenvalue weighted by Gasteiger charge is 2.14. The van der Waals surface area contributed by atoms with E-state index in [9.17, 15) is 8.42 Å². The van der Waals surface area contributed by atoms with Gasteiger partial charge in [0.25, 0.3) is 0 Å². The van der Waals surface area contributed by atoms with E-state index in [-0.39, 0.29) is 4.90 Å². The van der Waals surface area contributed by atoms with Crippen molar-refractivity contribution in [3.8, 4) is 0 Å². The Bertz CT molecular complexity index is 455. The maximum atomic E-state index is 11.9. The van der Waals surface area contributed by atoms with Gasteiger partial charge in [-0.15, -0.1) is 0 Å². The summed E-state index contributed by atoms with van der Waals surface area (Å²) < 4.78 is 31.6. The van der Waals surface area contributed by atoms with Gasteiger partial charge in [-0.3, -0.25) is 4.90 Å². The standard InChI is InChI=1S/C12H17N2O3S/c15-18(16,12-4-2-1-3-5-12)13-6-7-14-8-10-17-11-9-14/h2-5,13H,6-11H2. The first kappa shape index (κ1) is 13.5. The molecule has 0 amide bonds. The van der Waals surface area contributed by atoms with Gasteiger partial charge < -0.3 is 4.74 Å². The molecule has 1 fully saturated rings. The number of ether oxygens (including phenoxy) is 1. The quantitative estimate of drug-likeness (QED) is 0.823. The minimum Gasteiger partial charge on any atom is -0.379 e. The Morgan fingerprint density at radius 2 is 1.94 bits per heavy atom. The lowest BCUT2D eigenvalue weighted by molar-refractivity contribution is 0.0390. The Morgan fingerprint density at radius 1 is 1.28 bits per heavy atom. The van der Waals surface area contributed by atoms with E-state index >= 15 is 0 Å². The Labute approximate surface area is 108 Å². The predicted octanol–water partition coefficient (Wildman–Crippen LogP) is 0.0973. The summed E-state index contributed by atoms with van der Waals surface area (Å²) in [5, 5.41) is 0. The summed E-state index contributed by atoms with van der Waals surface area (Å²) >= 11 is 0. The van der Waals surface area contributed by atoms with Gasteiger partial charge in [-0.2, -0.15) is 0 Å². The fourth-order valence-electron chi connectivity index (χ4n) is 1.80. The fourth-order valence-corrected chi connectivity index (χ4v) is 2.82. The first-order valence-corrected chi connectivity index (χ1v) is 7.43.